The van der Waals surface area contributed by atoms with Crippen molar-refractivity contribution in [2.24, 2.45) is 7.05 Å². The van der Waals surface area contributed by atoms with Crippen LogP contribution < -0.4 is 10.6 Å². The monoisotopic (exact) mass is 362 g/mol. The number of aryl methyl sites for hydroxylation is 1. The zero-order chi connectivity index (χ0) is 18.0. The number of anilines is 2. The number of nitrogens with one attached hydrogen (secondary N) is 2. The number of benzene rings is 1. The van der Waals surface area contributed by atoms with Crippen LogP contribution in [0.4, 0.5) is 11.4 Å². The van der Waals surface area contributed by atoms with Gasteiger partial charge in [0.05, 0.1) is 23.9 Å². The maximum absolute atomic E-state index is 12.7. The average molecular weight is 363 g/mol. The third kappa shape index (κ3) is 3.67. The maximum atomic E-state index is 12.7. The van der Waals surface area contributed by atoms with Gasteiger partial charge in [-0.05, 0) is 18.2 Å². The van der Waals surface area contributed by atoms with E-state index in [-0.39, 0.29) is 11.8 Å². The van der Waals surface area contributed by atoms with Gasteiger partial charge in [-0.3, -0.25) is 14.3 Å². The van der Waals surface area contributed by atoms with E-state index in [0.29, 0.717) is 41.7 Å². The lowest BCUT2D eigenvalue weighted by atomic mass is 10.1. The van der Waals surface area contributed by atoms with Crippen molar-refractivity contribution < 1.29 is 14.3 Å². The molecule has 132 valence electrons. The summed E-state index contributed by atoms with van der Waals surface area (Å²) < 4.78 is 7.16. The SMILES string of the molecule is CCC(=O)Nc1ccc(Cl)c(NC(=O)c2nn(C)c3c2COCC3)c1. The summed E-state index contributed by atoms with van der Waals surface area (Å²) >= 11 is 6.17. The van der Waals surface area contributed by atoms with E-state index >= 15 is 0 Å². The molecule has 2 amide bonds. The number of carbonyl (C=O) groups excluding carboxylic acids is 2. The second-order valence-corrected chi connectivity index (χ2v) is 6.16. The third-order valence-electron chi connectivity index (χ3n) is 4.04. The number of fused-ring (bicyclic) bond motifs is 1. The largest absolute Gasteiger partial charge is 0.376 e. The zero-order valence-electron chi connectivity index (χ0n) is 14.1. The van der Waals surface area contributed by atoms with Crippen molar-refractivity contribution in [2.45, 2.75) is 26.4 Å². The number of hydrogen-bond acceptors (Lipinski definition) is 4. The molecule has 2 N–H and O–H groups in total. The summed E-state index contributed by atoms with van der Waals surface area (Å²) in [5, 5.41) is 10.2. The lowest BCUT2D eigenvalue weighted by Crippen LogP contribution is -2.17. The van der Waals surface area contributed by atoms with Crippen molar-refractivity contribution in [3.63, 3.8) is 0 Å². The molecular formula is C17H19ClN4O3. The molecule has 2 aromatic rings. The van der Waals surface area contributed by atoms with E-state index in [4.69, 9.17) is 16.3 Å². The lowest BCUT2D eigenvalue weighted by Gasteiger charge is -2.14. The van der Waals surface area contributed by atoms with Gasteiger partial charge in [0, 0.05) is 36.8 Å². The van der Waals surface area contributed by atoms with E-state index in [1.165, 1.54) is 0 Å². The Balaban J connectivity index is 1.84. The summed E-state index contributed by atoms with van der Waals surface area (Å²) in [5.74, 6) is -0.473. The fourth-order valence-corrected chi connectivity index (χ4v) is 2.89. The van der Waals surface area contributed by atoms with Crippen LogP contribution in [0.3, 0.4) is 0 Å². The minimum absolute atomic E-state index is 0.115. The van der Waals surface area contributed by atoms with Crippen LogP contribution in [0.1, 0.15) is 35.1 Å². The molecule has 0 saturated carbocycles. The standard InChI is InChI=1S/C17H19ClN4O3/c1-3-15(23)19-10-4-5-12(18)13(8-10)20-17(24)16-11-9-25-7-6-14(11)22(2)21-16/h4-5,8H,3,6-7,9H2,1-2H3,(H,19,23)(H,20,24). The molecule has 1 aromatic carbocycles. The Morgan fingerprint density at radius 1 is 1.36 bits per heavy atom. The number of amides is 2. The van der Waals surface area contributed by atoms with Gasteiger partial charge in [-0.15, -0.1) is 0 Å². The molecule has 3 rings (SSSR count). The molecular weight excluding hydrogens is 344 g/mol. The Hall–Kier alpha value is -2.38. The summed E-state index contributed by atoms with van der Waals surface area (Å²) in [4.78, 5) is 24.2. The van der Waals surface area contributed by atoms with Gasteiger partial charge < -0.3 is 15.4 Å². The van der Waals surface area contributed by atoms with E-state index < -0.39 is 0 Å². The molecule has 1 aliphatic rings. The van der Waals surface area contributed by atoms with Crippen molar-refractivity contribution in [2.75, 3.05) is 17.2 Å². The van der Waals surface area contributed by atoms with Gasteiger partial charge in [0.15, 0.2) is 5.69 Å². The summed E-state index contributed by atoms with van der Waals surface area (Å²) in [7, 11) is 1.81. The lowest BCUT2D eigenvalue weighted by molar-refractivity contribution is -0.115. The van der Waals surface area contributed by atoms with E-state index in [1.807, 2.05) is 7.05 Å². The second-order valence-electron chi connectivity index (χ2n) is 5.75. The first-order valence-electron chi connectivity index (χ1n) is 8.02. The third-order valence-corrected chi connectivity index (χ3v) is 4.37. The number of nitrogens with zero attached hydrogens (tertiary/aromatic N) is 2. The van der Waals surface area contributed by atoms with E-state index in [0.717, 1.165) is 17.7 Å². The topological polar surface area (TPSA) is 85.3 Å². The molecule has 8 heteroatoms. The first-order valence-corrected chi connectivity index (χ1v) is 8.40. The van der Waals surface area contributed by atoms with Crippen LogP contribution in [-0.2, 0) is 29.6 Å². The number of halogens is 1. The van der Waals surface area contributed by atoms with Gasteiger partial charge in [-0.2, -0.15) is 5.10 Å². The average Bonchev–Trinajstić information content (AvgIpc) is 2.95. The Bertz CT molecular complexity index is 832. The Labute approximate surface area is 150 Å². The molecule has 1 aromatic heterocycles. The van der Waals surface area contributed by atoms with Crippen LogP contribution in [0.25, 0.3) is 0 Å². The minimum Gasteiger partial charge on any atom is -0.376 e. The first-order chi connectivity index (χ1) is 12.0. The van der Waals surface area contributed by atoms with Gasteiger partial charge in [-0.25, -0.2) is 0 Å². The molecule has 2 heterocycles. The molecule has 0 unspecified atom stereocenters. The van der Waals surface area contributed by atoms with Crippen LogP contribution in [0.2, 0.25) is 5.02 Å². The summed E-state index contributed by atoms with van der Waals surface area (Å²) in [6, 6.07) is 4.93. The van der Waals surface area contributed by atoms with E-state index in [9.17, 15) is 9.59 Å². The van der Waals surface area contributed by atoms with Crippen LogP contribution in [-0.4, -0.2) is 28.2 Å². The number of rotatable bonds is 4. The minimum atomic E-state index is -0.358. The molecule has 0 aliphatic carbocycles. The van der Waals surface area contributed by atoms with Crippen LogP contribution in [0, 0.1) is 0 Å². The predicted octanol–water partition coefficient (Wildman–Crippen LogP) is 2.75. The van der Waals surface area contributed by atoms with E-state index in [2.05, 4.69) is 15.7 Å². The van der Waals surface area contributed by atoms with Crippen molar-refractivity contribution in [1.82, 2.24) is 9.78 Å². The normalized spacial score (nSPS) is 13.2. The van der Waals surface area contributed by atoms with Gasteiger partial charge in [0.25, 0.3) is 5.91 Å². The Morgan fingerprint density at radius 3 is 2.92 bits per heavy atom. The molecule has 7 nitrogen and oxygen atoms in total. The fraction of sp³-hybridized carbons (Fsp3) is 0.353. The van der Waals surface area contributed by atoms with Crippen molar-refractivity contribution in [3.8, 4) is 0 Å². The summed E-state index contributed by atoms with van der Waals surface area (Å²) in [6.45, 7) is 2.76. The molecule has 0 fully saturated rings. The number of hydrogen-bond donors (Lipinski definition) is 2. The molecule has 0 spiro atoms. The van der Waals surface area contributed by atoms with E-state index in [1.54, 1.807) is 29.8 Å². The summed E-state index contributed by atoms with van der Waals surface area (Å²) in [5.41, 5.74) is 3.12. The van der Waals surface area contributed by atoms with Crippen molar-refractivity contribution in [1.29, 1.82) is 0 Å². The Kier molecular flexibility index (Phi) is 5.06. The second kappa shape index (κ2) is 7.25. The predicted molar refractivity (Wildman–Crippen MR) is 94.9 cm³/mol. The highest BCUT2D eigenvalue weighted by Crippen LogP contribution is 2.27. The first kappa shape index (κ1) is 17.4. The van der Waals surface area contributed by atoms with Crippen molar-refractivity contribution in [3.05, 3.63) is 40.2 Å². The molecule has 0 saturated heterocycles. The molecule has 0 atom stereocenters. The summed E-state index contributed by atoms with van der Waals surface area (Å²) in [6.07, 6.45) is 1.09. The molecule has 25 heavy (non-hydrogen) atoms. The highest BCUT2D eigenvalue weighted by Gasteiger charge is 2.24. The number of ether oxygens (including phenoxy) is 1. The van der Waals surface area contributed by atoms with Crippen molar-refractivity contribution >= 4 is 34.8 Å². The highest BCUT2D eigenvalue weighted by atomic mass is 35.5. The van der Waals surface area contributed by atoms with Crippen LogP contribution in [0.15, 0.2) is 18.2 Å². The quantitative estimate of drug-likeness (QED) is 0.875. The zero-order valence-corrected chi connectivity index (χ0v) is 14.8. The molecule has 0 bridgehead atoms. The van der Waals surface area contributed by atoms with Crippen LogP contribution in [0.5, 0.6) is 0 Å². The van der Waals surface area contributed by atoms with Gasteiger partial charge in [0.1, 0.15) is 0 Å². The number of aromatic nitrogens is 2. The smallest absolute Gasteiger partial charge is 0.276 e. The fourth-order valence-electron chi connectivity index (χ4n) is 2.72. The molecule has 0 radical (unpaired) electrons. The number of carbonyl (C=O) groups is 2. The van der Waals surface area contributed by atoms with Crippen LogP contribution >= 0.6 is 11.6 Å². The highest BCUT2D eigenvalue weighted by molar-refractivity contribution is 6.34. The van der Waals surface area contributed by atoms with Gasteiger partial charge >= 0.3 is 0 Å². The van der Waals surface area contributed by atoms with Gasteiger partial charge in [0.2, 0.25) is 5.91 Å². The Morgan fingerprint density at radius 2 is 2.16 bits per heavy atom. The molecule has 1 aliphatic heterocycles. The van der Waals surface area contributed by atoms with Gasteiger partial charge in [-0.1, -0.05) is 18.5 Å². The maximum Gasteiger partial charge on any atom is 0.276 e.